The number of aromatic nitrogens is 1. The Labute approximate surface area is 178 Å². The molecular weight excluding hydrogens is 400 g/mol. The highest BCUT2D eigenvalue weighted by atomic mass is 32.1. The number of thiazole rings is 1. The Hall–Kier alpha value is -3.32. The van der Waals surface area contributed by atoms with E-state index < -0.39 is 0 Å². The minimum atomic E-state index is -0.122. The van der Waals surface area contributed by atoms with Gasteiger partial charge in [0.1, 0.15) is 11.4 Å². The summed E-state index contributed by atoms with van der Waals surface area (Å²) in [7, 11) is 1.63. The molecule has 0 spiro atoms. The normalized spacial score (nSPS) is 10.9. The summed E-state index contributed by atoms with van der Waals surface area (Å²) in [4.78, 5) is 16.9. The fraction of sp³-hybridized carbons (Fsp3) is 0.217. The Morgan fingerprint density at radius 1 is 1.20 bits per heavy atom. The highest BCUT2D eigenvalue weighted by Gasteiger charge is 2.14. The minimum Gasteiger partial charge on any atom is -0.496 e. The fourth-order valence-electron chi connectivity index (χ4n) is 3.28. The number of benzene rings is 2. The third-order valence-corrected chi connectivity index (χ3v) is 5.39. The number of furan rings is 1. The molecule has 2 aromatic carbocycles. The van der Waals surface area contributed by atoms with Crippen LogP contribution < -0.4 is 14.8 Å². The van der Waals surface area contributed by atoms with Crippen molar-refractivity contribution >= 4 is 33.3 Å². The number of amides is 1. The molecule has 154 valence electrons. The van der Waals surface area contributed by atoms with Crippen molar-refractivity contribution < 1.29 is 18.7 Å². The van der Waals surface area contributed by atoms with Gasteiger partial charge in [0.05, 0.1) is 20.1 Å². The number of carbonyl (C=O) groups is 1. The van der Waals surface area contributed by atoms with Crippen LogP contribution in [0.3, 0.4) is 0 Å². The third kappa shape index (κ3) is 4.16. The summed E-state index contributed by atoms with van der Waals surface area (Å²) in [6, 6.07) is 13.4. The number of nitrogens with zero attached hydrogens (tertiary/aromatic N) is 1. The lowest BCUT2D eigenvalue weighted by Crippen LogP contribution is -2.14. The zero-order chi connectivity index (χ0) is 21.1. The zero-order valence-electron chi connectivity index (χ0n) is 17.0. The van der Waals surface area contributed by atoms with Gasteiger partial charge in [-0.2, -0.15) is 0 Å². The second-order valence-corrected chi connectivity index (χ2v) is 7.64. The van der Waals surface area contributed by atoms with Crippen molar-refractivity contribution in [3.05, 3.63) is 59.0 Å². The molecule has 4 rings (SSSR count). The molecule has 0 atom stereocenters. The van der Waals surface area contributed by atoms with Crippen molar-refractivity contribution in [3.63, 3.8) is 0 Å². The van der Waals surface area contributed by atoms with Crippen molar-refractivity contribution in [2.24, 2.45) is 0 Å². The average Bonchev–Trinajstić information content (AvgIpc) is 3.35. The number of methoxy groups -OCH3 is 1. The van der Waals surface area contributed by atoms with Crippen molar-refractivity contribution in [2.75, 3.05) is 19.0 Å². The highest BCUT2D eigenvalue weighted by molar-refractivity contribution is 7.14. The number of fused-ring (bicyclic) bond motifs is 1. The molecule has 0 saturated heterocycles. The predicted molar refractivity (Wildman–Crippen MR) is 119 cm³/mol. The number of hydrogen-bond donors (Lipinski definition) is 1. The molecule has 0 radical (unpaired) electrons. The summed E-state index contributed by atoms with van der Waals surface area (Å²) in [6.07, 6.45) is 0.266. The van der Waals surface area contributed by atoms with Crippen molar-refractivity contribution in [1.29, 1.82) is 0 Å². The van der Waals surface area contributed by atoms with E-state index in [1.165, 1.54) is 11.3 Å². The largest absolute Gasteiger partial charge is 0.496 e. The quantitative estimate of drug-likeness (QED) is 0.428. The maximum absolute atomic E-state index is 12.4. The van der Waals surface area contributed by atoms with Crippen LogP contribution in [0.2, 0.25) is 0 Å². The summed E-state index contributed by atoms with van der Waals surface area (Å²) < 4.78 is 16.9. The van der Waals surface area contributed by atoms with Crippen LogP contribution in [0.4, 0.5) is 5.13 Å². The van der Waals surface area contributed by atoms with Crippen LogP contribution in [-0.2, 0) is 11.2 Å². The smallest absolute Gasteiger partial charge is 0.230 e. The van der Waals surface area contributed by atoms with E-state index in [9.17, 15) is 4.79 Å². The molecule has 0 aliphatic heterocycles. The summed E-state index contributed by atoms with van der Waals surface area (Å²) in [5.41, 5.74) is 3.29. The maximum Gasteiger partial charge on any atom is 0.230 e. The predicted octanol–water partition coefficient (Wildman–Crippen LogP) is 5.45. The second-order valence-electron chi connectivity index (χ2n) is 6.78. The lowest BCUT2D eigenvalue weighted by Gasteiger charge is -2.07. The first kappa shape index (κ1) is 20.0. The lowest BCUT2D eigenvalue weighted by molar-refractivity contribution is -0.115. The zero-order valence-corrected chi connectivity index (χ0v) is 17.8. The van der Waals surface area contributed by atoms with Gasteiger partial charge in [0.15, 0.2) is 22.2 Å². The Balaban J connectivity index is 1.48. The number of para-hydroxylation sites is 1. The van der Waals surface area contributed by atoms with Crippen molar-refractivity contribution in [3.8, 4) is 23.0 Å². The van der Waals surface area contributed by atoms with Gasteiger partial charge in [-0.05, 0) is 43.2 Å². The van der Waals surface area contributed by atoms with E-state index in [2.05, 4.69) is 10.3 Å². The SMILES string of the molecule is CCOc1cccc2cc(-c3csc(NC(=O)Cc4ccc(OC)c(C)c4)n3)oc12. The van der Waals surface area contributed by atoms with Gasteiger partial charge in [-0.25, -0.2) is 4.98 Å². The summed E-state index contributed by atoms with van der Waals surface area (Å²) in [5, 5.41) is 6.21. The van der Waals surface area contributed by atoms with E-state index >= 15 is 0 Å². The molecule has 7 heteroatoms. The molecule has 0 saturated carbocycles. The van der Waals surface area contributed by atoms with Crippen LogP contribution in [0, 0.1) is 6.92 Å². The first-order valence-corrected chi connectivity index (χ1v) is 10.5. The Morgan fingerprint density at radius 2 is 2.07 bits per heavy atom. The van der Waals surface area contributed by atoms with Gasteiger partial charge in [-0.3, -0.25) is 4.79 Å². The molecule has 2 heterocycles. The molecule has 1 amide bonds. The number of aryl methyl sites for hydroxylation is 1. The molecule has 4 aromatic rings. The van der Waals surface area contributed by atoms with Crippen LogP contribution in [0.15, 0.2) is 52.3 Å². The van der Waals surface area contributed by atoms with Crippen LogP contribution in [0.5, 0.6) is 11.5 Å². The molecule has 0 unspecified atom stereocenters. The van der Waals surface area contributed by atoms with Crippen molar-refractivity contribution in [2.45, 2.75) is 20.3 Å². The summed E-state index contributed by atoms with van der Waals surface area (Å²) >= 11 is 1.36. The Kier molecular flexibility index (Phi) is 5.72. The van der Waals surface area contributed by atoms with E-state index in [0.717, 1.165) is 22.3 Å². The topological polar surface area (TPSA) is 73.6 Å². The van der Waals surface area contributed by atoms with Gasteiger partial charge in [-0.1, -0.05) is 24.3 Å². The number of carbonyl (C=O) groups excluding carboxylic acids is 1. The molecular formula is C23H22N2O4S. The maximum atomic E-state index is 12.4. The van der Waals surface area contributed by atoms with Crippen molar-refractivity contribution in [1.82, 2.24) is 4.98 Å². The minimum absolute atomic E-state index is 0.122. The number of hydrogen-bond acceptors (Lipinski definition) is 6. The standard InChI is InChI=1S/C23H22N2O4S/c1-4-28-19-7-5-6-16-12-20(29-22(16)19)17-13-30-23(24-17)25-21(26)11-15-8-9-18(27-3)14(2)10-15/h5-10,12-13H,4,11H2,1-3H3,(H,24,25,26). The highest BCUT2D eigenvalue weighted by Crippen LogP contribution is 2.34. The molecule has 2 aromatic heterocycles. The van der Waals surface area contributed by atoms with Crippen LogP contribution >= 0.6 is 11.3 Å². The number of anilines is 1. The average molecular weight is 423 g/mol. The summed E-state index contributed by atoms with van der Waals surface area (Å²) in [5.74, 6) is 2.03. The number of nitrogens with one attached hydrogen (secondary N) is 1. The summed E-state index contributed by atoms with van der Waals surface area (Å²) in [6.45, 7) is 4.46. The van der Waals surface area contributed by atoms with Crippen LogP contribution in [0.1, 0.15) is 18.1 Å². The monoisotopic (exact) mass is 422 g/mol. The molecule has 30 heavy (non-hydrogen) atoms. The van der Waals surface area contributed by atoms with Gasteiger partial charge >= 0.3 is 0 Å². The lowest BCUT2D eigenvalue weighted by atomic mass is 10.1. The van der Waals surface area contributed by atoms with Crippen LogP contribution in [-0.4, -0.2) is 24.6 Å². The van der Waals surface area contributed by atoms with Gasteiger partial charge in [0.25, 0.3) is 0 Å². The number of rotatable bonds is 7. The third-order valence-electron chi connectivity index (χ3n) is 4.63. The molecule has 6 nitrogen and oxygen atoms in total. The first-order chi connectivity index (χ1) is 14.6. The first-order valence-electron chi connectivity index (χ1n) is 9.62. The molecule has 0 aliphatic rings. The van der Waals surface area contributed by atoms with E-state index in [1.807, 2.05) is 61.7 Å². The number of ether oxygens (including phenoxy) is 2. The Bertz CT molecular complexity index is 1200. The molecule has 0 fully saturated rings. The van der Waals surface area contributed by atoms with Gasteiger partial charge in [-0.15, -0.1) is 11.3 Å². The second kappa shape index (κ2) is 8.59. The van der Waals surface area contributed by atoms with E-state index in [4.69, 9.17) is 13.9 Å². The van der Waals surface area contributed by atoms with E-state index in [-0.39, 0.29) is 12.3 Å². The molecule has 1 N–H and O–H groups in total. The molecule has 0 aliphatic carbocycles. The molecule has 0 bridgehead atoms. The fourth-order valence-corrected chi connectivity index (χ4v) is 3.99. The van der Waals surface area contributed by atoms with Gasteiger partial charge in [0.2, 0.25) is 5.91 Å². The van der Waals surface area contributed by atoms with Gasteiger partial charge in [0, 0.05) is 10.8 Å². The van der Waals surface area contributed by atoms with E-state index in [1.54, 1.807) is 7.11 Å². The Morgan fingerprint density at radius 3 is 2.83 bits per heavy atom. The van der Waals surface area contributed by atoms with Gasteiger partial charge < -0.3 is 19.2 Å². The van der Waals surface area contributed by atoms with Crippen LogP contribution in [0.25, 0.3) is 22.4 Å². The van der Waals surface area contributed by atoms with E-state index in [0.29, 0.717) is 34.5 Å².